The van der Waals surface area contributed by atoms with Crippen LogP contribution in [0.4, 0.5) is 5.69 Å². The Labute approximate surface area is 160 Å². The van der Waals surface area contributed by atoms with Gasteiger partial charge < -0.3 is 14.7 Å². The van der Waals surface area contributed by atoms with E-state index in [2.05, 4.69) is 10.5 Å². The summed E-state index contributed by atoms with van der Waals surface area (Å²) in [5.41, 5.74) is 2.05. The first-order valence-corrected chi connectivity index (χ1v) is 9.71. The highest BCUT2D eigenvalue weighted by molar-refractivity contribution is 7.13. The number of amides is 2. The molecular formula is C20H19N3O3S. The molecular weight excluding hydrogens is 362 g/mol. The van der Waals surface area contributed by atoms with Crippen molar-refractivity contribution in [3.05, 3.63) is 59.1 Å². The number of nitrogens with one attached hydrogen (secondary N) is 1. The summed E-state index contributed by atoms with van der Waals surface area (Å²) < 4.78 is 5.27. The van der Waals surface area contributed by atoms with Crippen LogP contribution in [0.1, 0.15) is 41.9 Å². The van der Waals surface area contributed by atoms with Gasteiger partial charge in [-0.2, -0.15) is 0 Å². The molecule has 1 aliphatic rings. The van der Waals surface area contributed by atoms with Crippen molar-refractivity contribution in [1.29, 1.82) is 0 Å². The van der Waals surface area contributed by atoms with Crippen molar-refractivity contribution in [3.8, 4) is 10.6 Å². The van der Waals surface area contributed by atoms with Crippen LogP contribution < -0.4 is 10.2 Å². The van der Waals surface area contributed by atoms with Crippen LogP contribution in [0.2, 0.25) is 0 Å². The number of carbonyl (C=O) groups is 2. The van der Waals surface area contributed by atoms with Gasteiger partial charge >= 0.3 is 0 Å². The van der Waals surface area contributed by atoms with E-state index in [0.29, 0.717) is 12.2 Å². The highest BCUT2D eigenvalue weighted by Crippen LogP contribution is 2.26. The summed E-state index contributed by atoms with van der Waals surface area (Å²) in [5, 5.41) is 8.76. The minimum absolute atomic E-state index is 0.146. The minimum Gasteiger partial charge on any atom is -0.355 e. The van der Waals surface area contributed by atoms with Gasteiger partial charge in [-0.3, -0.25) is 9.59 Å². The van der Waals surface area contributed by atoms with Gasteiger partial charge in [0.2, 0.25) is 5.91 Å². The van der Waals surface area contributed by atoms with Crippen molar-refractivity contribution in [3.63, 3.8) is 0 Å². The fraction of sp³-hybridized carbons (Fsp3) is 0.250. The molecule has 27 heavy (non-hydrogen) atoms. The number of carbonyl (C=O) groups excluding carboxylic acids is 2. The standard InChI is InChI=1S/C20H19N3O3S/c1-13(14-5-2-6-15(11-14)23-9-3-8-19(23)24)21-20(25)16-12-17(26-22-16)18-7-4-10-27-18/h2,4-7,10-13H,3,8-9H2,1H3,(H,21,25)/t13-/m0/s1. The molecule has 2 amide bonds. The lowest BCUT2D eigenvalue weighted by Gasteiger charge is -2.19. The number of nitrogens with zero attached hydrogens (tertiary/aromatic N) is 2. The molecule has 1 atom stereocenters. The lowest BCUT2D eigenvalue weighted by atomic mass is 10.1. The number of hydrogen-bond acceptors (Lipinski definition) is 5. The largest absolute Gasteiger partial charge is 0.355 e. The smallest absolute Gasteiger partial charge is 0.273 e. The average molecular weight is 381 g/mol. The maximum atomic E-state index is 12.5. The van der Waals surface area contributed by atoms with E-state index in [1.807, 2.05) is 48.7 Å². The summed E-state index contributed by atoms with van der Waals surface area (Å²) in [6, 6.07) is 13.0. The van der Waals surface area contributed by atoms with Gasteiger partial charge in [0.1, 0.15) is 0 Å². The van der Waals surface area contributed by atoms with E-state index in [-0.39, 0.29) is 23.6 Å². The number of thiophene rings is 1. The Morgan fingerprint density at radius 2 is 2.19 bits per heavy atom. The Kier molecular flexibility index (Phi) is 4.77. The third-order valence-electron chi connectivity index (χ3n) is 4.61. The molecule has 1 aromatic carbocycles. The van der Waals surface area contributed by atoms with E-state index in [4.69, 9.17) is 4.52 Å². The first-order chi connectivity index (χ1) is 13.1. The van der Waals surface area contributed by atoms with Gasteiger partial charge in [0.15, 0.2) is 11.5 Å². The van der Waals surface area contributed by atoms with E-state index < -0.39 is 0 Å². The van der Waals surface area contributed by atoms with E-state index in [9.17, 15) is 9.59 Å². The summed E-state index contributed by atoms with van der Waals surface area (Å²) in [4.78, 5) is 27.2. The Bertz CT molecular complexity index is 965. The second kappa shape index (κ2) is 7.36. The van der Waals surface area contributed by atoms with E-state index >= 15 is 0 Å². The molecule has 7 heteroatoms. The molecule has 4 rings (SSSR count). The normalized spacial score (nSPS) is 15.1. The van der Waals surface area contributed by atoms with Crippen LogP contribution in [0, 0.1) is 0 Å². The molecule has 0 radical (unpaired) electrons. The Balaban J connectivity index is 1.46. The van der Waals surface area contributed by atoms with Crippen molar-refractivity contribution in [2.75, 3.05) is 11.4 Å². The van der Waals surface area contributed by atoms with Crippen LogP contribution >= 0.6 is 11.3 Å². The fourth-order valence-corrected chi connectivity index (χ4v) is 3.83. The van der Waals surface area contributed by atoms with Crippen LogP contribution in [-0.2, 0) is 4.79 Å². The average Bonchev–Trinajstić information content (AvgIpc) is 3.42. The highest BCUT2D eigenvalue weighted by atomic mass is 32.1. The summed E-state index contributed by atoms with van der Waals surface area (Å²) in [6.45, 7) is 2.65. The predicted octanol–water partition coefficient (Wildman–Crippen LogP) is 4.02. The van der Waals surface area contributed by atoms with Crippen LogP contribution in [0.5, 0.6) is 0 Å². The van der Waals surface area contributed by atoms with Crippen molar-refractivity contribution in [2.24, 2.45) is 0 Å². The third kappa shape index (κ3) is 3.64. The highest BCUT2D eigenvalue weighted by Gasteiger charge is 2.23. The molecule has 3 aromatic rings. The third-order valence-corrected chi connectivity index (χ3v) is 5.49. The quantitative estimate of drug-likeness (QED) is 0.724. The van der Waals surface area contributed by atoms with E-state index in [1.165, 1.54) is 11.3 Å². The molecule has 6 nitrogen and oxygen atoms in total. The van der Waals surface area contributed by atoms with Crippen LogP contribution in [-0.4, -0.2) is 23.5 Å². The monoisotopic (exact) mass is 381 g/mol. The number of rotatable bonds is 5. The van der Waals surface area contributed by atoms with Crippen molar-refractivity contribution in [1.82, 2.24) is 10.5 Å². The Hall–Kier alpha value is -2.93. The molecule has 1 fully saturated rings. The summed E-state index contributed by atoms with van der Waals surface area (Å²) in [6.07, 6.45) is 1.48. The van der Waals surface area contributed by atoms with Gasteiger partial charge in [0.05, 0.1) is 10.9 Å². The molecule has 0 aliphatic carbocycles. The first kappa shape index (κ1) is 17.5. The van der Waals surface area contributed by atoms with Gasteiger partial charge in [0, 0.05) is 24.7 Å². The maximum Gasteiger partial charge on any atom is 0.273 e. The summed E-state index contributed by atoms with van der Waals surface area (Å²) in [7, 11) is 0. The van der Waals surface area contributed by atoms with Gasteiger partial charge in [-0.05, 0) is 42.5 Å². The van der Waals surface area contributed by atoms with Gasteiger partial charge in [0.25, 0.3) is 5.91 Å². The van der Waals surface area contributed by atoms with Crippen LogP contribution in [0.15, 0.2) is 52.4 Å². The number of aromatic nitrogens is 1. The van der Waals surface area contributed by atoms with Crippen molar-refractivity contribution < 1.29 is 14.1 Å². The zero-order chi connectivity index (χ0) is 18.8. The zero-order valence-corrected chi connectivity index (χ0v) is 15.7. The lowest BCUT2D eigenvalue weighted by molar-refractivity contribution is -0.117. The minimum atomic E-state index is -0.295. The van der Waals surface area contributed by atoms with Gasteiger partial charge in [-0.1, -0.05) is 23.4 Å². The van der Waals surface area contributed by atoms with Crippen LogP contribution in [0.3, 0.4) is 0 Å². The molecule has 2 aromatic heterocycles. The maximum absolute atomic E-state index is 12.5. The molecule has 0 bridgehead atoms. The SMILES string of the molecule is C[C@H](NC(=O)c1cc(-c2cccs2)on1)c1cccc(N2CCCC2=O)c1. The van der Waals surface area contributed by atoms with E-state index in [0.717, 1.165) is 29.1 Å². The Morgan fingerprint density at radius 1 is 1.30 bits per heavy atom. The molecule has 0 unspecified atom stereocenters. The topological polar surface area (TPSA) is 75.4 Å². The van der Waals surface area contributed by atoms with Crippen molar-refractivity contribution >= 4 is 28.8 Å². The molecule has 0 spiro atoms. The summed E-state index contributed by atoms with van der Waals surface area (Å²) in [5.74, 6) is 0.432. The van der Waals surface area contributed by atoms with Crippen molar-refractivity contribution in [2.45, 2.75) is 25.8 Å². The number of hydrogen-bond donors (Lipinski definition) is 1. The number of benzene rings is 1. The number of anilines is 1. The predicted molar refractivity (Wildman–Crippen MR) is 104 cm³/mol. The second-order valence-corrected chi connectivity index (χ2v) is 7.44. The molecule has 3 heterocycles. The molecule has 0 saturated carbocycles. The second-order valence-electron chi connectivity index (χ2n) is 6.49. The summed E-state index contributed by atoms with van der Waals surface area (Å²) >= 11 is 1.53. The van der Waals surface area contributed by atoms with Crippen LogP contribution in [0.25, 0.3) is 10.6 Å². The first-order valence-electron chi connectivity index (χ1n) is 8.83. The molecule has 1 saturated heterocycles. The Morgan fingerprint density at radius 3 is 2.93 bits per heavy atom. The zero-order valence-electron chi connectivity index (χ0n) is 14.8. The molecule has 1 aliphatic heterocycles. The molecule has 138 valence electrons. The van der Waals surface area contributed by atoms with Gasteiger partial charge in [-0.25, -0.2) is 0 Å². The lowest BCUT2D eigenvalue weighted by Crippen LogP contribution is -2.27. The van der Waals surface area contributed by atoms with E-state index in [1.54, 1.807) is 11.0 Å². The molecule has 1 N–H and O–H groups in total. The fourth-order valence-electron chi connectivity index (χ4n) is 3.15. The van der Waals surface area contributed by atoms with Gasteiger partial charge in [-0.15, -0.1) is 11.3 Å².